The third kappa shape index (κ3) is 2.42. The SMILES string of the molecule is Cc1cc(C)c(CC(N)[C]=O)c(C)c1. The Hall–Kier alpha value is -1.15. The average Bonchev–Trinajstić information content (AvgIpc) is 2.10. The fraction of sp³-hybridized carbons (Fsp3) is 0.417. The lowest BCUT2D eigenvalue weighted by atomic mass is 9.95. The standard InChI is InChI=1S/C12H16NO/c1-8-4-9(2)12(10(3)5-8)6-11(13)7-14/h4-5,11H,6,13H2,1-3H3. The van der Waals surface area contributed by atoms with E-state index in [-0.39, 0.29) is 0 Å². The van der Waals surface area contributed by atoms with Gasteiger partial charge in [0.15, 0.2) is 0 Å². The van der Waals surface area contributed by atoms with Gasteiger partial charge in [-0.3, -0.25) is 4.79 Å². The van der Waals surface area contributed by atoms with E-state index in [1.807, 2.05) is 20.1 Å². The van der Waals surface area contributed by atoms with Crippen molar-refractivity contribution < 1.29 is 4.79 Å². The second-order valence-electron chi connectivity index (χ2n) is 3.81. The lowest BCUT2D eigenvalue weighted by molar-refractivity contribution is 0.540. The van der Waals surface area contributed by atoms with Crippen LogP contribution in [0.25, 0.3) is 0 Å². The molecule has 2 N–H and O–H groups in total. The predicted octanol–water partition coefficient (Wildman–Crippen LogP) is 1.59. The number of carbonyl (C=O) groups excluding carboxylic acids is 1. The highest BCUT2D eigenvalue weighted by Gasteiger charge is 2.08. The second-order valence-corrected chi connectivity index (χ2v) is 3.81. The Morgan fingerprint density at radius 2 is 1.79 bits per heavy atom. The highest BCUT2D eigenvalue weighted by atomic mass is 16.1. The molecule has 0 saturated heterocycles. The molecule has 14 heavy (non-hydrogen) atoms. The first-order valence-corrected chi connectivity index (χ1v) is 4.74. The largest absolute Gasteiger partial charge is 0.321 e. The van der Waals surface area contributed by atoms with Crippen molar-refractivity contribution in [1.29, 1.82) is 0 Å². The smallest absolute Gasteiger partial charge is 0.217 e. The number of hydrogen-bond donors (Lipinski definition) is 1. The quantitative estimate of drug-likeness (QED) is 0.786. The van der Waals surface area contributed by atoms with Crippen molar-refractivity contribution in [3.63, 3.8) is 0 Å². The molecule has 0 aliphatic carbocycles. The fourth-order valence-electron chi connectivity index (χ4n) is 1.79. The molecule has 0 aromatic heterocycles. The highest BCUT2D eigenvalue weighted by Crippen LogP contribution is 2.17. The summed E-state index contributed by atoms with van der Waals surface area (Å²) in [5.41, 5.74) is 10.4. The summed E-state index contributed by atoms with van der Waals surface area (Å²) in [7, 11) is 0. The van der Waals surface area contributed by atoms with E-state index in [1.165, 1.54) is 22.3 Å². The molecule has 1 atom stereocenters. The van der Waals surface area contributed by atoms with Crippen molar-refractivity contribution in [2.24, 2.45) is 5.73 Å². The van der Waals surface area contributed by atoms with E-state index in [0.29, 0.717) is 6.42 Å². The van der Waals surface area contributed by atoms with Gasteiger partial charge < -0.3 is 5.73 Å². The molecule has 1 aromatic carbocycles. The molecular weight excluding hydrogens is 174 g/mol. The number of rotatable bonds is 3. The summed E-state index contributed by atoms with van der Waals surface area (Å²) in [4.78, 5) is 10.3. The molecule has 0 amide bonds. The van der Waals surface area contributed by atoms with Crippen LogP contribution in [0.1, 0.15) is 22.3 Å². The van der Waals surface area contributed by atoms with Crippen molar-refractivity contribution in [2.45, 2.75) is 33.2 Å². The number of hydrogen-bond acceptors (Lipinski definition) is 2. The molecule has 1 radical (unpaired) electrons. The first-order chi connectivity index (χ1) is 6.54. The van der Waals surface area contributed by atoms with Gasteiger partial charge in [0.25, 0.3) is 0 Å². The van der Waals surface area contributed by atoms with E-state index >= 15 is 0 Å². The maximum absolute atomic E-state index is 10.3. The maximum Gasteiger partial charge on any atom is 0.217 e. The number of benzene rings is 1. The van der Waals surface area contributed by atoms with Gasteiger partial charge >= 0.3 is 0 Å². The van der Waals surface area contributed by atoms with Gasteiger partial charge in [0.2, 0.25) is 6.29 Å². The molecule has 0 fully saturated rings. The zero-order chi connectivity index (χ0) is 10.7. The van der Waals surface area contributed by atoms with E-state index < -0.39 is 6.04 Å². The normalized spacial score (nSPS) is 12.6. The molecule has 0 heterocycles. The van der Waals surface area contributed by atoms with Crippen molar-refractivity contribution in [3.05, 3.63) is 34.4 Å². The van der Waals surface area contributed by atoms with E-state index in [9.17, 15) is 4.79 Å². The molecule has 0 spiro atoms. The van der Waals surface area contributed by atoms with E-state index in [0.717, 1.165) is 0 Å². The summed E-state index contributed by atoms with van der Waals surface area (Å²) < 4.78 is 0. The molecule has 1 unspecified atom stereocenters. The monoisotopic (exact) mass is 190 g/mol. The third-order valence-electron chi connectivity index (χ3n) is 2.42. The Morgan fingerprint density at radius 1 is 1.29 bits per heavy atom. The molecule has 0 bridgehead atoms. The van der Waals surface area contributed by atoms with Crippen LogP contribution in [-0.2, 0) is 11.2 Å². The van der Waals surface area contributed by atoms with Gasteiger partial charge in [-0.25, -0.2) is 0 Å². The third-order valence-corrected chi connectivity index (χ3v) is 2.42. The van der Waals surface area contributed by atoms with Gasteiger partial charge in [0.1, 0.15) is 0 Å². The van der Waals surface area contributed by atoms with Gasteiger partial charge in [-0.05, 0) is 43.9 Å². The Bertz CT molecular complexity index is 321. The lowest BCUT2D eigenvalue weighted by Crippen LogP contribution is -2.25. The van der Waals surface area contributed by atoms with Crippen molar-refractivity contribution >= 4 is 6.29 Å². The Balaban J connectivity index is 3.02. The van der Waals surface area contributed by atoms with Gasteiger partial charge in [-0.15, -0.1) is 0 Å². The van der Waals surface area contributed by atoms with Crippen LogP contribution < -0.4 is 5.73 Å². The van der Waals surface area contributed by atoms with Crippen molar-refractivity contribution in [3.8, 4) is 0 Å². The molecule has 0 saturated carbocycles. The van der Waals surface area contributed by atoms with Crippen LogP contribution >= 0.6 is 0 Å². The number of nitrogens with two attached hydrogens (primary N) is 1. The van der Waals surface area contributed by atoms with Crippen LogP contribution in [0.15, 0.2) is 12.1 Å². The molecule has 0 aliphatic heterocycles. The molecular formula is C12H16NO. The minimum atomic E-state index is -0.505. The summed E-state index contributed by atoms with van der Waals surface area (Å²) in [6, 6.07) is 3.72. The van der Waals surface area contributed by atoms with E-state index in [1.54, 1.807) is 0 Å². The fourth-order valence-corrected chi connectivity index (χ4v) is 1.79. The van der Waals surface area contributed by atoms with Crippen LogP contribution in [0.4, 0.5) is 0 Å². The Kier molecular flexibility index (Phi) is 3.42. The molecule has 1 aromatic rings. The molecule has 0 aliphatic rings. The maximum atomic E-state index is 10.3. The summed E-state index contributed by atoms with van der Waals surface area (Å²) in [5.74, 6) is 0. The number of aryl methyl sites for hydroxylation is 3. The minimum Gasteiger partial charge on any atom is -0.321 e. The Labute approximate surface area is 85.1 Å². The van der Waals surface area contributed by atoms with Crippen LogP contribution in [-0.4, -0.2) is 12.3 Å². The average molecular weight is 190 g/mol. The second kappa shape index (κ2) is 4.38. The van der Waals surface area contributed by atoms with Gasteiger partial charge in [-0.1, -0.05) is 17.7 Å². The first-order valence-electron chi connectivity index (χ1n) is 4.74. The first kappa shape index (κ1) is 10.9. The minimum absolute atomic E-state index is 0.505. The summed E-state index contributed by atoms with van der Waals surface area (Å²) in [6.07, 6.45) is 2.40. The topological polar surface area (TPSA) is 43.1 Å². The molecule has 1 rings (SSSR count). The van der Waals surface area contributed by atoms with Crippen LogP contribution in [0.3, 0.4) is 0 Å². The van der Waals surface area contributed by atoms with E-state index in [2.05, 4.69) is 19.1 Å². The predicted molar refractivity (Wildman–Crippen MR) is 58.0 cm³/mol. The van der Waals surface area contributed by atoms with E-state index in [4.69, 9.17) is 5.73 Å². The Morgan fingerprint density at radius 3 is 2.21 bits per heavy atom. The zero-order valence-electron chi connectivity index (χ0n) is 8.92. The van der Waals surface area contributed by atoms with Crippen LogP contribution in [0.5, 0.6) is 0 Å². The van der Waals surface area contributed by atoms with Crippen LogP contribution in [0.2, 0.25) is 0 Å². The van der Waals surface area contributed by atoms with Crippen LogP contribution in [0, 0.1) is 20.8 Å². The molecule has 75 valence electrons. The molecule has 2 nitrogen and oxygen atoms in total. The van der Waals surface area contributed by atoms with Gasteiger partial charge in [0, 0.05) is 0 Å². The van der Waals surface area contributed by atoms with Crippen molar-refractivity contribution in [1.82, 2.24) is 0 Å². The molecule has 2 heteroatoms. The van der Waals surface area contributed by atoms with Crippen molar-refractivity contribution in [2.75, 3.05) is 0 Å². The summed E-state index contributed by atoms with van der Waals surface area (Å²) in [5, 5.41) is 0. The van der Waals surface area contributed by atoms with Gasteiger partial charge in [-0.2, -0.15) is 0 Å². The highest BCUT2D eigenvalue weighted by molar-refractivity contribution is 5.59. The summed E-state index contributed by atoms with van der Waals surface area (Å²) >= 11 is 0. The van der Waals surface area contributed by atoms with Gasteiger partial charge in [0.05, 0.1) is 6.04 Å². The zero-order valence-corrected chi connectivity index (χ0v) is 8.92. The lowest BCUT2D eigenvalue weighted by Gasteiger charge is -2.12. The summed E-state index contributed by atoms with van der Waals surface area (Å²) in [6.45, 7) is 6.16.